The molecule has 2 aliphatic rings. The average molecular weight is 377 g/mol. The summed E-state index contributed by atoms with van der Waals surface area (Å²) in [5.41, 5.74) is 1.73. The molecule has 0 radical (unpaired) electrons. The van der Waals surface area contributed by atoms with Crippen LogP contribution in [-0.2, 0) is 4.79 Å². The molecule has 1 atom stereocenters. The van der Waals surface area contributed by atoms with Crippen LogP contribution in [0.2, 0.25) is 5.02 Å². The lowest BCUT2D eigenvalue weighted by Crippen LogP contribution is -2.64. The van der Waals surface area contributed by atoms with Crippen molar-refractivity contribution in [2.75, 3.05) is 19.6 Å². The quantitative estimate of drug-likeness (QED) is 0.728. The molecule has 2 saturated heterocycles. The van der Waals surface area contributed by atoms with Crippen LogP contribution in [-0.4, -0.2) is 41.4 Å². The third-order valence-electron chi connectivity index (χ3n) is 6.05. The number of halogens is 1. The van der Waals surface area contributed by atoms with Crippen molar-refractivity contribution in [3.05, 3.63) is 34.9 Å². The van der Waals surface area contributed by atoms with Crippen LogP contribution in [0.15, 0.2) is 24.3 Å². The second kappa shape index (κ2) is 7.16. The van der Waals surface area contributed by atoms with E-state index in [0.29, 0.717) is 29.8 Å². The zero-order valence-corrected chi connectivity index (χ0v) is 17.6. The predicted octanol–water partition coefficient (Wildman–Crippen LogP) is 5.15. The maximum Gasteiger partial charge on any atom is 0.223 e. The van der Waals surface area contributed by atoms with Crippen LogP contribution in [0.25, 0.3) is 0 Å². The van der Waals surface area contributed by atoms with E-state index in [4.69, 9.17) is 11.6 Å². The first kappa shape index (κ1) is 19.7. The van der Waals surface area contributed by atoms with Gasteiger partial charge in [-0.3, -0.25) is 9.69 Å². The molecule has 2 fully saturated rings. The van der Waals surface area contributed by atoms with E-state index in [2.05, 4.69) is 56.6 Å². The number of likely N-dealkylation sites (tertiary alicyclic amines) is 2. The molecule has 2 aliphatic heterocycles. The van der Waals surface area contributed by atoms with E-state index in [0.717, 1.165) is 37.5 Å². The van der Waals surface area contributed by atoms with Gasteiger partial charge < -0.3 is 4.90 Å². The van der Waals surface area contributed by atoms with Gasteiger partial charge in [-0.05, 0) is 49.8 Å². The fourth-order valence-corrected chi connectivity index (χ4v) is 4.78. The summed E-state index contributed by atoms with van der Waals surface area (Å²) >= 11 is 6.10. The van der Waals surface area contributed by atoms with Gasteiger partial charge in [0.25, 0.3) is 0 Å². The highest BCUT2D eigenvalue weighted by atomic mass is 35.5. The molecule has 3 nitrogen and oxygen atoms in total. The fraction of sp³-hybridized carbons (Fsp3) is 0.682. The lowest BCUT2D eigenvalue weighted by Gasteiger charge is -2.62. The van der Waals surface area contributed by atoms with Crippen LogP contribution in [0.1, 0.15) is 65.5 Å². The van der Waals surface area contributed by atoms with Crippen molar-refractivity contribution in [3.63, 3.8) is 0 Å². The Kier molecular flexibility index (Phi) is 5.43. The van der Waals surface area contributed by atoms with Gasteiger partial charge in [0, 0.05) is 48.6 Å². The van der Waals surface area contributed by atoms with Gasteiger partial charge in [0.2, 0.25) is 5.91 Å². The maximum absolute atomic E-state index is 12.6. The third kappa shape index (κ3) is 3.94. The topological polar surface area (TPSA) is 23.6 Å². The molecule has 3 rings (SSSR count). The molecule has 1 spiro atoms. The fourth-order valence-electron chi connectivity index (χ4n) is 4.65. The predicted molar refractivity (Wildman–Crippen MR) is 108 cm³/mol. The Labute approximate surface area is 163 Å². The Hall–Kier alpha value is -1.06. The zero-order chi connectivity index (χ0) is 19.1. The van der Waals surface area contributed by atoms with Gasteiger partial charge in [-0.1, -0.05) is 44.5 Å². The molecular weight excluding hydrogens is 344 g/mol. The number of carbonyl (C=O) groups excluding carboxylic acids is 1. The average Bonchev–Trinajstić information content (AvgIpc) is 2.53. The van der Waals surface area contributed by atoms with Crippen LogP contribution in [0, 0.1) is 10.8 Å². The van der Waals surface area contributed by atoms with Crippen LogP contribution in [0.3, 0.4) is 0 Å². The van der Waals surface area contributed by atoms with E-state index < -0.39 is 0 Å². The maximum atomic E-state index is 12.6. The minimum atomic E-state index is 0.0585. The molecule has 2 heterocycles. The van der Waals surface area contributed by atoms with Crippen molar-refractivity contribution in [3.8, 4) is 0 Å². The molecule has 1 amide bonds. The summed E-state index contributed by atoms with van der Waals surface area (Å²) in [6.45, 7) is 13.9. The highest BCUT2D eigenvalue weighted by molar-refractivity contribution is 6.30. The molecule has 1 aromatic carbocycles. The molecule has 0 saturated carbocycles. The van der Waals surface area contributed by atoms with Crippen LogP contribution in [0.4, 0.5) is 0 Å². The summed E-state index contributed by atoms with van der Waals surface area (Å²) in [5.74, 6) is 0.315. The number of benzene rings is 1. The summed E-state index contributed by atoms with van der Waals surface area (Å²) < 4.78 is 0. The molecule has 144 valence electrons. The minimum absolute atomic E-state index is 0.0585. The van der Waals surface area contributed by atoms with Gasteiger partial charge >= 0.3 is 0 Å². The van der Waals surface area contributed by atoms with Gasteiger partial charge in [-0.15, -0.1) is 0 Å². The molecule has 0 bridgehead atoms. The summed E-state index contributed by atoms with van der Waals surface area (Å²) in [5, 5.41) is 0.792. The van der Waals surface area contributed by atoms with Crippen molar-refractivity contribution in [2.24, 2.45) is 10.8 Å². The normalized spacial score (nSPS) is 23.3. The van der Waals surface area contributed by atoms with Gasteiger partial charge in [0.1, 0.15) is 0 Å². The second-order valence-electron chi connectivity index (χ2n) is 9.70. The van der Waals surface area contributed by atoms with Crippen molar-refractivity contribution >= 4 is 17.5 Å². The van der Waals surface area contributed by atoms with E-state index in [1.54, 1.807) is 0 Å². The first-order valence-electron chi connectivity index (χ1n) is 9.90. The minimum Gasteiger partial charge on any atom is -0.343 e. The van der Waals surface area contributed by atoms with Gasteiger partial charge in [-0.2, -0.15) is 0 Å². The lowest BCUT2D eigenvalue weighted by atomic mass is 9.62. The summed E-state index contributed by atoms with van der Waals surface area (Å²) in [4.78, 5) is 17.3. The standard InChI is InChI=1S/C22H33ClN2O/c1-16(2)25-15-22(20(25)17-6-8-18(23)9-7-17)10-12-24(13-11-22)19(26)14-21(3,4)5/h6-9,16,20H,10-15H2,1-5H3. The van der Waals surface area contributed by atoms with Gasteiger partial charge in [-0.25, -0.2) is 0 Å². The van der Waals surface area contributed by atoms with E-state index in [-0.39, 0.29) is 5.41 Å². The summed E-state index contributed by atoms with van der Waals surface area (Å²) in [6, 6.07) is 9.34. The first-order valence-corrected chi connectivity index (χ1v) is 10.3. The zero-order valence-electron chi connectivity index (χ0n) is 16.9. The van der Waals surface area contributed by atoms with E-state index in [1.165, 1.54) is 5.56 Å². The number of piperidine rings is 1. The number of rotatable bonds is 3. The summed E-state index contributed by atoms with van der Waals surface area (Å²) in [7, 11) is 0. The highest BCUT2D eigenvalue weighted by Crippen LogP contribution is 2.55. The Morgan fingerprint density at radius 2 is 1.77 bits per heavy atom. The number of carbonyl (C=O) groups is 1. The van der Waals surface area contributed by atoms with Crippen molar-refractivity contribution < 1.29 is 4.79 Å². The van der Waals surface area contributed by atoms with Crippen LogP contribution in [0.5, 0.6) is 0 Å². The number of hydrogen-bond donors (Lipinski definition) is 0. The Morgan fingerprint density at radius 1 is 1.19 bits per heavy atom. The van der Waals surface area contributed by atoms with E-state index in [9.17, 15) is 4.79 Å². The van der Waals surface area contributed by atoms with Crippen LogP contribution >= 0.6 is 11.6 Å². The second-order valence-corrected chi connectivity index (χ2v) is 10.1. The van der Waals surface area contributed by atoms with Crippen LogP contribution < -0.4 is 0 Å². The van der Waals surface area contributed by atoms with Gasteiger partial charge in [0.05, 0.1) is 0 Å². The Bertz CT molecular complexity index is 639. The Balaban J connectivity index is 1.72. The summed E-state index contributed by atoms with van der Waals surface area (Å²) in [6.07, 6.45) is 2.83. The van der Waals surface area contributed by atoms with Crippen molar-refractivity contribution in [1.29, 1.82) is 0 Å². The molecular formula is C22H33ClN2O. The number of hydrogen-bond acceptors (Lipinski definition) is 2. The highest BCUT2D eigenvalue weighted by Gasteiger charge is 2.54. The van der Waals surface area contributed by atoms with Crippen molar-refractivity contribution in [1.82, 2.24) is 9.80 Å². The SMILES string of the molecule is CC(C)N1CC2(CCN(C(=O)CC(C)(C)C)CC2)C1c1ccc(Cl)cc1. The third-order valence-corrected chi connectivity index (χ3v) is 6.30. The first-order chi connectivity index (χ1) is 12.1. The largest absolute Gasteiger partial charge is 0.343 e. The molecule has 0 aliphatic carbocycles. The van der Waals surface area contributed by atoms with Gasteiger partial charge in [0.15, 0.2) is 0 Å². The molecule has 0 aromatic heterocycles. The lowest BCUT2D eigenvalue weighted by molar-refractivity contribution is -0.149. The number of amides is 1. The van der Waals surface area contributed by atoms with E-state index >= 15 is 0 Å². The molecule has 0 N–H and O–H groups in total. The Morgan fingerprint density at radius 3 is 2.27 bits per heavy atom. The van der Waals surface area contributed by atoms with E-state index in [1.807, 2.05) is 12.1 Å². The number of nitrogens with zero attached hydrogens (tertiary/aromatic N) is 2. The molecule has 1 unspecified atom stereocenters. The molecule has 1 aromatic rings. The smallest absolute Gasteiger partial charge is 0.223 e. The monoisotopic (exact) mass is 376 g/mol. The van der Waals surface area contributed by atoms with Crippen molar-refractivity contribution in [2.45, 2.75) is 66.0 Å². The molecule has 4 heteroatoms. The molecule has 26 heavy (non-hydrogen) atoms.